The lowest BCUT2D eigenvalue weighted by atomic mass is 9.87. The predicted molar refractivity (Wildman–Crippen MR) is 103 cm³/mol. The number of piperidine rings is 1. The highest BCUT2D eigenvalue weighted by atomic mass is 35.5. The molecule has 0 N–H and O–H groups in total. The molecule has 2 fully saturated rings. The van der Waals surface area contributed by atoms with Gasteiger partial charge in [0.05, 0.1) is 17.3 Å². The lowest BCUT2D eigenvalue weighted by molar-refractivity contribution is -0.138. The number of benzene rings is 1. The van der Waals surface area contributed by atoms with Crippen LogP contribution in [-0.4, -0.2) is 47.2 Å². The molecule has 1 amide bonds. The molecule has 154 valence electrons. The quantitative estimate of drug-likeness (QED) is 0.733. The maximum atomic E-state index is 13.5. The van der Waals surface area contributed by atoms with Gasteiger partial charge in [-0.3, -0.25) is 4.79 Å². The molecule has 2 aliphatic heterocycles. The summed E-state index contributed by atoms with van der Waals surface area (Å²) < 4.78 is 40.5. The fourth-order valence-corrected chi connectivity index (χ4v) is 4.07. The average Bonchev–Trinajstić information content (AvgIpc) is 2.66. The van der Waals surface area contributed by atoms with Gasteiger partial charge in [0, 0.05) is 37.1 Å². The minimum absolute atomic E-state index is 0.0474. The normalized spacial score (nSPS) is 19.8. The van der Waals surface area contributed by atoms with E-state index in [0.29, 0.717) is 30.8 Å². The molecular formula is C20H20ClF3N4O. The topological polar surface area (TPSA) is 49.3 Å². The first kappa shape index (κ1) is 19.9. The second kappa shape index (κ2) is 7.82. The molecule has 1 aromatic heterocycles. The van der Waals surface area contributed by atoms with Gasteiger partial charge in [0.1, 0.15) is 0 Å². The van der Waals surface area contributed by atoms with Crippen LogP contribution in [0.3, 0.4) is 0 Å². The molecule has 2 saturated heterocycles. The Kier molecular flexibility index (Phi) is 5.38. The third kappa shape index (κ3) is 4.17. The highest BCUT2D eigenvalue weighted by Gasteiger charge is 2.37. The summed E-state index contributed by atoms with van der Waals surface area (Å²) in [5.74, 6) is 0.0351. The Morgan fingerprint density at radius 2 is 1.93 bits per heavy atom. The van der Waals surface area contributed by atoms with E-state index in [4.69, 9.17) is 11.6 Å². The Hall–Kier alpha value is -2.35. The standard InChI is InChI=1S/C20H20ClF3N4O/c21-15-4-5-16(17(10-15)20(22,23)24)13-3-1-6-28(12-13)19(29)14-9-18(26-25-11-14)27-7-2-8-27/h4-5,9-11,13H,1-3,6-8,12H2. The SMILES string of the molecule is O=C(c1cnnc(N2CCC2)c1)N1CCCC(c2ccc(Cl)cc2C(F)(F)F)C1. The Bertz CT molecular complexity index is 917. The van der Waals surface area contributed by atoms with Crippen molar-refractivity contribution in [1.29, 1.82) is 0 Å². The zero-order chi connectivity index (χ0) is 20.6. The molecule has 0 radical (unpaired) electrons. The zero-order valence-corrected chi connectivity index (χ0v) is 16.4. The number of halogens is 4. The maximum absolute atomic E-state index is 13.5. The van der Waals surface area contributed by atoms with Crippen molar-refractivity contribution in [2.45, 2.75) is 31.4 Å². The number of aromatic nitrogens is 2. The van der Waals surface area contributed by atoms with Crippen molar-refractivity contribution >= 4 is 23.3 Å². The van der Waals surface area contributed by atoms with Gasteiger partial charge < -0.3 is 9.80 Å². The van der Waals surface area contributed by atoms with E-state index >= 15 is 0 Å². The van der Waals surface area contributed by atoms with Gasteiger partial charge in [0.15, 0.2) is 5.82 Å². The summed E-state index contributed by atoms with van der Waals surface area (Å²) in [6.45, 7) is 2.50. The number of nitrogens with zero attached hydrogens (tertiary/aromatic N) is 4. The lowest BCUT2D eigenvalue weighted by Gasteiger charge is -2.34. The Morgan fingerprint density at radius 3 is 2.62 bits per heavy atom. The van der Waals surface area contributed by atoms with E-state index in [2.05, 4.69) is 10.2 Å². The fourth-order valence-electron chi connectivity index (χ4n) is 3.90. The number of carbonyl (C=O) groups excluding carboxylic acids is 1. The van der Waals surface area contributed by atoms with Crippen molar-refractivity contribution in [3.63, 3.8) is 0 Å². The largest absolute Gasteiger partial charge is 0.416 e. The fraction of sp³-hybridized carbons (Fsp3) is 0.450. The summed E-state index contributed by atoms with van der Waals surface area (Å²) in [4.78, 5) is 16.6. The molecule has 0 bridgehead atoms. The Morgan fingerprint density at radius 1 is 1.14 bits per heavy atom. The highest BCUT2D eigenvalue weighted by molar-refractivity contribution is 6.30. The number of hydrogen-bond donors (Lipinski definition) is 0. The van der Waals surface area contributed by atoms with Crippen LogP contribution in [-0.2, 0) is 6.18 Å². The molecule has 1 unspecified atom stereocenters. The van der Waals surface area contributed by atoms with Crippen LogP contribution in [0.5, 0.6) is 0 Å². The third-order valence-electron chi connectivity index (χ3n) is 5.54. The van der Waals surface area contributed by atoms with Crippen LogP contribution in [0.1, 0.15) is 46.7 Å². The van der Waals surface area contributed by atoms with Crippen LogP contribution in [0.15, 0.2) is 30.5 Å². The molecular weight excluding hydrogens is 405 g/mol. The molecule has 0 spiro atoms. The number of anilines is 1. The van der Waals surface area contributed by atoms with Crippen LogP contribution in [0.2, 0.25) is 5.02 Å². The highest BCUT2D eigenvalue weighted by Crippen LogP contribution is 2.39. The molecule has 1 aromatic carbocycles. The van der Waals surface area contributed by atoms with E-state index < -0.39 is 17.7 Å². The van der Waals surface area contributed by atoms with E-state index in [1.807, 2.05) is 4.90 Å². The summed E-state index contributed by atoms with van der Waals surface area (Å²) in [5, 5.41) is 8.05. The van der Waals surface area contributed by atoms with Crippen LogP contribution >= 0.6 is 11.6 Å². The first-order valence-corrected chi connectivity index (χ1v) is 9.94. The van der Waals surface area contributed by atoms with Crippen molar-refractivity contribution in [1.82, 2.24) is 15.1 Å². The first-order chi connectivity index (χ1) is 13.8. The van der Waals surface area contributed by atoms with Gasteiger partial charge in [0.25, 0.3) is 5.91 Å². The summed E-state index contributed by atoms with van der Waals surface area (Å²) in [6.07, 6.45) is -0.779. The molecule has 5 nitrogen and oxygen atoms in total. The summed E-state index contributed by atoms with van der Waals surface area (Å²) in [6, 6.07) is 5.57. The van der Waals surface area contributed by atoms with Crippen LogP contribution in [0, 0.1) is 0 Å². The number of rotatable bonds is 3. The smallest absolute Gasteiger partial charge is 0.355 e. The van der Waals surface area contributed by atoms with Crippen molar-refractivity contribution in [3.05, 3.63) is 52.2 Å². The monoisotopic (exact) mass is 424 g/mol. The van der Waals surface area contributed by atoms with Crippen LogP contribution in [0.4, 0.5) is 19.0 Å². The Labute approximate surface area is 171 Å². The van der Waals surface area contributed by atoms with Gasteiger partial charge in [-0.15, -0.1) is 5.10 Å². The van der Waals surface area contributed by atoms with Crippen LogP contribution < -0.4 is 4.90 Å². The Balaban J connectivity index is 1.55. The maximum Gasteiger partial charge on any atom is 0.416 e. The molecule has 0 aliphatic carbocycles. The van der Waals surface area contributed by atoms with Crippen molar-refractivity contribution in [2.75, 3.05) is 31.1 Å². The summed E-state index contributed by atoms with van der Waals surface area (Å²) in [5.41, 5.74) is -0.127. The third-order valence-corrected chi connectivity index (χ3v) is 5.77. The average molecular weight is 425 g/mol. The van der Waals surface area contributed by atoms with Crippen LogP contribution in [0.25, 0.3) is 0 Å². The summed E-state index contributed by atoms with van der Waals surface area (Å²) >= 11 is 5.80. The number of likely N-dealkylation sites (tertiary alicyclic amines) is 1. The van der Waals surface area contributed by atoms with E-state index in [0.717, 1.165) is 25.6 Å². The van der Waals surface area contributed by atoms with Gasteiger partial charge in [-0.25, -0.2) is 0 Å². The van der Waals surface area contributed by atoms with Gasteiger partial charge in [-0.1, -0.05) is 17.7 Å². The number of amides is 1. The zero-order valence-electron chi connectivity index (χ0n) is 15.6. The molecule has 4 rings (SSSR count). The molecule has 9 heteroatoms. The molecule has 3 heterocycles. The van der Waals surface area contributed by atoms with Crippen molar-refractivity contribution in [2.24, 2.45) is 0 Å². The van der Waals surface area contributed by atoms with Crippen molar-refractivity contribution < 1.29 is 18.0 Å². The van der Waals surface area contributed by atoms with E-state index in [-0.39, 0.29) is 23.0 Å². The number of carbonyl (C=O) groups is 1. The predicted octanol–water partition coefficient (Wildman–Crippen LogP) is 4.38. The second-order valence-corrected chi connectivity index (χ2v) is 7.90. The summed E-state index contributed by atoms with van der Waals surface area (Å²) in [7, 11) is 0. The molecule has 0 saturated carbocycles. The lowest BCUT2D eigenvalue weighted by Crippen LogP contribution is -2.40. The van der Waals surface area contributed by atoms with Gasteiger partial charge in [-0.05, 0) is 43.0 Å². The van der Waals surface area contributed by atoms with E-state index in [9.17, 15) is 18.0 Å². The molecule has 2 aliphatic rings. The minimum atomic E-state index is -4.49. The van der Waals surface area contributed by atoms with Gasteiger partial charge in [-0.2, -0.15) is 18.3 Å². The minimum Gasteiger partial charge on any atom is -0.355 e. The first-order valence-electron chi connectivity index (χ1n) is 9.56. The molecule has 1 atom stereocenters. The second-order valence-electron chi connectivity index (χ2n) is 7.46. The number of alkyl halides is 3. The molecule has 2 aromatic rings. The number of hydrogen-bond acceptors (Lipinski definition) is 4. The van der Waals surface area contributed by atoms with Crippen molar-refractivity contribution in [3.8, 4) is 0 Å². The van der Waals surface area contributed by atoms with E-state index in [1.54, 1.807) is 11.0 Å². The van der Waals surface area contributed by atoms with Gasteiger partial charge in [0.2, 0.25) is 0 Å². The van der Waals surface area contributed by atoms with E-state index in [1.165, 1.54) is 18.3 Å². The molecule has 29 heavy (non-hydrogen) atoms. The van der Waals surface area contributed by atoms with Gasteiger partial charge >= 0.3 is 6.18 Å².